The summed E-state index contributed by atoms with van der Waals surface area (Å²) in [5.41, 5.74) is 1.93. The van der Waals surface area contributed by atoms with E-state index in [0.29, 0.717) is 23.5 Å². The van der Waals surface area contributed by atoms with E-state index in [4.69, 9.17) is 0 Å². The molecule has 4 nitrogen and oxygen atoms in total. The predicted octanol–water partition coefficient (Wildman–Crippen LogP) is 3.18. The molecule has 0 radical (unpaired) electrons. The highest BCUT2D eigenvalue weighted by Gasteiger charge is 2.27. The van der Waals surface area contributed by atoms with Crippen molar-refractivity contribution in [1.29, 1.82) is 5.26 Å². The van der Waals surface area contributed by atoms with Crippen LogP contribution in [0, 0.1) is 17.3 Å². The van der Waals surface area contributed by atoms with Gasteiger partial charge in [0.2, 0.25) is 5.95 Å². The molecular formula is C16H12FN3O. The van der Waals surface area contributed by atoms with Crippen LogP contribution in [0.4, 0.5) is 4.39 Å². The topological polar surface area (TPSA) is 58.7 Å². The fraction of sp³-hybridized carbons (Fsp3) is 0.188. The van der Waals surface area contributed by atoms with Crippen LogP contribution in [0.5, 0.6) is 0 Å². The summed E-state index contributed by atoms with van der Waals surface area (Å²) in [6, 6.07) is 5.25. The highest BCUT2D eigenvalue weighted by molar-refractivity contribution is 6.02. The van der Waals surface area contributed by atoms with Crippen molar-refractivity contribution < 1.29 is 9.18 Å². The van der Waals surface area contributed by atoms with Crippen LogP contribution in [0.25, 0.3) is 17.3 Å². The van der Waals surface area contributed by atoms with Crippen LogP contribution >= 0.6 is 0 Å². The Kier molecular flexibility index (Phi) is 3.15. The normalized spacial score (nSPS) is 12.8. The summed E-state index contributed by atoms with van der Waals surface area (Å²) in [7, 11) is 0. The maximum Gasteiger partial charge on any atom is 0.222 e. The first-order chi connectivity index (χ1) is 10.1. The number of ketones is 1. The van der Waals surface area contributed by atoms with Gasteiger partial charge in [-0.2, -0.15) is 9.65 Å². The number of pyridine rings is 1. The first-order valence-electron chi connectivity index (χ1n) is 6.60. The van der Waals surface area contributed by atoms with E-state index in [9.17, 15) is 14.4 Å². The van der Waals surface area contributed by atoms with Crippen LogP contribution in [0.1, 0.15) is 35.0 Å². The Morgan fingerprint density at radius 1 is 1.52 bits per heavy atom. The van der Waals surface area contributed by atoms with E-state index in [1.807, 2.05) is 16.7 Å². The summed E-state index contributed by atoms with van der Waals surface area (Å²) in [5.74, 6) is -0.837. The van der Waals surface area contributed by atoms with Gasteiger partial charge in [-0.15, -0.1) is 0 Å². The number of carbonyl (C=O) groups is 1. The Morgan fingerprint density at radius 2 is 2.33 bits per heavy atom. The average Bonchev–Trinajstić information content (AvgIpc) is 2.82. The molecule has 0 aliphatic carbocycles. The molecule has 0 aromatic carbocycles. The number of halogens is 1. The van der Waals surface area contributed by atoms with Gasteiger partial charge in [0.25, 0.3) is 0 Å². The van der Waals surface area contributed by atoms with Crippen LogP contribution in [0.15, 0.2) is 24.4 Å². The summed E-state index contributed by atoms with van der Waals surface area (Å²) >= 11 is 0. The van der Waals surface area contributed by atoms with Crippen molar-refractivity contribution in [2.75, 3.05) is 0 Å². The monoisotopic (exact) mass is 281 g/mol. The second kappa shape index (κ2) is 4.98. The average molecular weight is 281 g/mol. The minimum absolute atomic E-state index is 0.197. The van der Waals surface area contributed by atoms with Gasteiger partial charge >= 0.3 is 0 Å². The second-order valence-electron chi connectivity index (χ2n) is 4.84. The molecule has 104 valence electrons. The first kappa shape index (κ1) is 13.3. The standard InChI is InChI=1S/C16H12FN3O/c1-10(21)14-12(9-18)15(11-5-4-7-19-16(11)17)20-8-3-2-6-13(14)20/h2,4-7H,3,8H2,1H3. The molecule has 0 spiro atoms. The molecule has 2 aromatic rings. The fourth-order valence-electron chi connectivity index (χ4n) is 2.75. The highest BCUT2D eigenvalue weighted by Crippen LogP contribution is 2.35. The van der Waals surface area contributed by atoms with Crippen molar-refractivity contribution in [3.63, 3.8) is 0 Å². The fourth-order valence-corrected chi connectivity index (χ4v) is 2.75. The number of Topliss-reactive ketones (excluding diaryl/α,β-unsaturated/α-hetero) is 1. The number of carbonyl (C=O) groups excluding carboxylic acids is 1. The number of allylic oxidation sites excluding steroid dienone is 1. The van der Waals surface area contributed by atoms with Gasteiger partial charge in [-0.05, 0) is 31.6 Å². The number of fused-ring (bicyclic) bond motifs is 1. The van der Waals surface area contributed by atoms with Crippen molar-refractivity contribution in [3.8, 4) is 17.3 Å². The van der Waals surface area contributed by atoms with Gasteiger partial charge < -0.3 is 4.57 Å². The molecule has 0 amide bonds. The van der Waals surface area contributed by atoms with Gasteiger partial charge in [0, 0.05) is 12.7 Å². The lowest BCUT2D eigenvalue weighted by molar-refractivity contribution is 0.101. The number of nitriles is 1. The van der Waals surface area contributed by atoms with E-state index >= 15 is 0 Å². The summed E-state index contributed by atoms with van der Waals surface area (Å²) in [4.78, 5) is 15.6. The minimum Gasteiger partial charge on any atom is -0.339 e. The Hall–Kier alpha value is -2.74. The zero-order chi connectivity index (χ0) is 15.0. The second-order valence-corrected chi connectivity index (χ2v) is 4.84. The number of nitrogens with zero attached hydrogens (tertiary/aromatic N) is 3. The number of rotatable bonds is 2. The molecule has 3 heterocycles. The van der Waals surface area contributed by atoms with Crippen molar-refractivity contribution in [3.05, 3.63) is 47.2 Å². The van der Waals surface area contributed by atoms with Gasteiger partial charge in [-0.1, -0.05) is 6.08 Å². The van der Waals surface area contributed by atoms with Crippen LogP contribution in [0.2, 0.25) is 0 Å². The molecule has 0 saturated carbocycles. The maximum absolute atomic E-state index is 14.0. The largest absolute Gasteiger partial charge is 0.339 e. The van der Waals surface area contributed by atoms with E-state index in [-0.39, 0.29) is 16.9 Å². The Bertz CT molecular complexity index is 812. The van der Waals surface area contributed by atoms with Crippen molar-refractivity contribution in [2.24, 2.45) is 0 Å². The predicted molar refractivity (Wildman–Crippen MR) is 76.0 cm³/mol. The summed E-state index contributed by atoms with van der Waals surface area (Å²) in [6.07, 6.45) is 5.90. The van der Waals surface area contributed by atoms with Crippen molar-refractivity contribution >= 4 is 11.9 Å². The van der Waals surface area contributed by atoms with E-state index in [1.54, 1.807) is 12.1 Å². The quantitative estimate of drug-likeness (QED) is 0.627. The first-order valence-corrected chi connectivity index (χ1v) is 6.60. The Morgan fingerprint density at radius 3 is 3.00 bits per heavy atom. The molecule has 0 atom stereocenters. The third-order valence-corrected chi connectivity index (χ3v) is 3.58. The molecule has 5 heteroatoms. The van der Waals surface area contributed by atoms with Gasteiger partial charge in [0.1, 0.15) is 6.07 Å². The molecule has 21 heavy (non-hydrogen) atoms. The Balaban J connectivity index is 2.41. The number of hydrogen-bond donors (Lipinski definition) is 0. The molecule has 0 unspecified atom stereocenters. The van der Waals surface area contributed by atoms with Crippen LogP contribution in [-0.2, 0) is 6.54 Å². The van der Waals surface area contributed by atoms with Gasteiger partial charge in [-0.3, -0.25) is 4.79 Å². The maximum atomic E-state index is 14.0. The molecule has 1 aliphatic heterocycles. The van der Waals surface area contributed by atoms with E-state index in [1.165, 1.54) is 13.1 Å². The lowest BCUT2D eigenvalue weighted by Gasteiger charge is -2.14. The number of aromatic nitrogens is 2. The third kappa shape index (κ3) is 1.96. The van der Waals surface area contributed by atoms with E-state index < -0.39 is 5.95 Å². The van der Waals surface area contributed by atoms with E-state index in [2.05, 4.69) is 11.1 Å². The zero-order valence-corrected chi connectivity index (χ0v) is 11.4. The molecule has 0 N–H and O–H groups in total. The molecule has 3 rings (SSSR count). The van der Waals surface area contributed by atoms with Crippen LogP contribution < -0.4 is 0 Å². The van der Waals surface area contributed by atoms with Gasteiger partial charge in [-0.25, -0.2) is 4.98 Å². The number of hydrogen-bond acceptors (Lipinski definition) is 3. The Labute approximate surface area is 121 Å². The lowest BCUT2D eigenvalue weighted by Crippen LogP contribution is -2.07. The molecule has 0 saturated heterocycles. The van der Waals surface area contributed by atoms with Crippen LogP contribution in [0.3, 0.4) is 0 Å². The molecule has 1 aliphatic rings. The minimum atomic E-state index is -0.640. The van der Waals surface area contributed by atoms with E-state index in [0.717, 1.165) is 6.42 Å². The van der Waals surface area contributed by atoms with Crippen LogP contribution in [-0.4, -0.2) is 15.3 Å². The van der Waals surface area contributed by atoms with Gasteiger partial charge in [0.05, 0.1) is 28.1 Å². The summed E-state index contributed by atoms with van der Waals surface area (Å²) < 4.78 is 15.9. The summed E-state index contributed by atoms with van der Waals surface area (Å²) in [6.45, 7) is 2.03. The van der Waals surface area contributed by atoms with Gasteiger partial charge in [0.15, 0.2) is 5.78 Å². The zero-order valence-electron chi connectivity index (χ0n) is 11.4. The van der Waals surface area contributed by atoms with Crippen molar-refractivity contribution in [2.45, 2.75) is 19.9 Å². The molecule has 0 fully saturated rings. The SMILES string of the molecule is CC(=O)c1c(C#N)c(-c2cccnc2F)n2c1C=CCC2. The molecule has 2 aromatic heterocycles. The smallest absolute Gasteiger partial charge is 0.222 e. The van der Waals surface area contributed by atoms with Crippen molar-refractivity contribution in [1.82, 2.24) is 9.55 Å². The molecule has 0 bridgehead atoms. The highest BCUT2D eigenvalue weighted by atomic mass is 19.1. The third-order valence-electron chi connectivity index (χ3n) is 3.58. The molecular weight excluding hydrogens is 269 g/mol. The lowest BCUT2D eigenvalue weighted by atomic mass is 10.0. The summed E-state index contributed by atoms with van der Waals surface area (Å²) in [5, 5.41) is 9.47.